The van der Waals surface area contributed by atoms with E-state index in [0.29, 0.717) is 33.2 Å². The number of halogens is 2. The summed E-state index contributed by atoms with van der Waals surface area (Å²) < 4.78 is 1.87. The van der Waals surface area contributed by atoms with Gasteiger partial charge >= 0.3 is 0 Å². The van der Waals surface area contributed by atoms with Gasteiger partial charge < -0.3 is 10.6 Å². The molecule has 28 heavy (non-hydrogen) atoms. The summed E-state index contributed by atoms with van der Waals surface area (Å²) >= 11 is 17.5. The van der Waals surface area contributed by atoms with Crippen LogP contribution >= 0.6 is 35.4 Å². The second-order valence-corrected chi connectivity index (χ2v) is 7.49. The number of anilines is 2. The van der Waals surface area contributed by atoms with E-state index in [4.69, 9.17) is 35.4 Å². The van der Waals surface area contributed by atoms with Crippen molar-refractivity contribution in [1.29, 1.82) is 0 Å². The minimum absolute atomic E-state index is 0.388. The summed E-state index contributed by atoms with van der Waals surface area (Å²) in [5.74, 6) is 0.649. The maximum absolute atomic E-state index is 6.16. The van der Waals surface area contributed by atoms with Crippen LogP contribution in [0.3, 0.4) is 0 Å². The Balaban J connectivity index is 1.45. The molecule has 140 valence electrons. The number of benzene rings is 3. The van der Waals surface area contributed by atoms with Gasteiger partial charge in [-0.2, -0.15) is 5.10 Å². The zero-order valence-electron chi connectivity index (χ0n) is 14.7. The number of aromatic nitrogens is 2. The van der Waals surface area contributed by atoms with Crippen LogP contribution in [0.25, 0.3) is 10.8 Å². The van der Waals surface area contributed by atoms with Gasteiger partial charge in [0.05, 0.1) is 17.3 Å². The van der Waals surface area contributed by atoms with Crippen molar-refractivity contribution in [2.75, 3.05) is 10.6 Å². The van der Waals surface area contributed by atoms with E-state index in [9.17, 15) is 0 Å². The maximum atomic E-state index is 6.16. The van der Waals surface area contributed by atoms with E-state index in [1.54, 1.807) is 18.2 Å². The molecular weight excluding hydrogens is 411 g/mol. The van der Waals surface area contributed by atoms with Crippen molar-refractivity contribution in [3.8, 4) is 0 Å². The second kappa shape index (κ2) is 8.19. The third kappa shape index (κ3) is 4.28. The summed E-state index contributed by atoms with van der Waals surface area (Å²) in [5.41, 5.74) is 1.85. The number of rotatable bonds is 4. The predicted octanol–water partition coefficient (Wildman–Crippen LogP) is 6.20. The van der Waals surface area contributed by atoms with E-state index in [2.05, 4.69) is 46.1 Å². The molecule has 0 atom stereocenters. The van der Waals surface area contributed by atoms with Crippen LogP contribution in [-0.4, -0.2) is 14.9 Å². The number of nitrogens with one attached hydrogen (secondary N) is 2. The van der Waals surface area contributed by atoms with Crippen LogP contribution in [-0.2, 0) is 6.54 Å². The molecule has 0 saturated carbocycles. The molecule has 0 aliphatic carbocycles. The highest BCUT2D eigenvalue weighted by atomic mass is 35.5. The van der Waals surface area contributed by atoms with Crippen LogP contribution < -0.4 is 10.6 Å². The zero-order valence-corrected chi connectivity index (χ0v) is 17.0. The van der Waals surface area contributed by atoms with Gasteiger partial charge in [-0.3, -0.25) is 4.68 Å². The molecule has 0 unspecified atom stereocenters. The lowest BCUT2D eigenvalue weighted by atomic mass is 10.0. The third-order valence-electron chi connectivity index (χ3n) is 4.27. The summed E-state index contributed by atoms with van der Waals surface area (Å²) in [5, 5.41) is 14.6. The van der Waals surface area contributed by atoms with Gasteiger partial charge in [0.2, 0.25) is 0 Å². The van der Waals surface area contributed by atoms with Crippen molar-refractivity contribution in [3.05, 3.63) is 88.5 Å². The molecule has 3 aromatic carbocycles. The van der Waals surface area contributed by atoms with Crippen LogP contribution in [0, 0.1) is 0 Å². The number of fused-ring (bicyclic) bond motifs is 1. The molecule has 4 aromatic rings. The number of hydrogen-bond donors (Lipinski definition) is 2. The summed E-state index contributed by atoms with van der Waals surface area (Å²) in [6, 6.07) is 21.7. The van der Waals surface area contributed by atoms with Crippen molar-refractivity contribution >= 4 is 62.8 Å². The molecule has 1 aromatic heterocycles. The molecular formula is C21H16Cl2N4S. The van der Waals surface area contributed by atoms with Crippen LogP contribution in [0.4, 0.5) is 11.5 Å². The smallest absolute Gasteiger partial charge is 0.176 e. The van der Waals surface area contributed by atoms with Crippen molar-refractivity contribution in [3.63, 3.8) is 0 Å². The van der Waals surface area contributed by atoms with E-state index < -0.39 is 0 Å². The third-order valence-corrected chi connectivity index (χ3v) is 5.04. The highest BCUT2D eigenvalue weighted by Crippen LogP contribution is 2.25. The summed E-state index contributed by atoms with van der Waals surface area (Å²) in [7, 11) is 0. The van der Waals surface area contributed by atoms with Crippen LogP contribution in [0.2, 0.25) is 10.0 Å². The Kier molecular flexibility index (Phi) is 5.48. The zero-order chi connectivity index (χ0) is 19.5. The SMILES string of the molecule is S=C(Nc1ccn(Cc2cccc3ccccc23)n1)Nc1cc(Cl)ccc1Cl. The highest BCUT2D eigenvalue weighted by Gasteiger charge is 2.07. The van der Waals surface area contributed by atoms with Crippen LogP contribution in [0.5, 0.6) is 0 Å². The molecule has 0 aliphatic rings. The monoisotopic (exact) mass is 426 g/mol. The Bertz CT molecular complexity index is 1150. The molecule has 4 rings (SSSR count). The van der Waals surface area contributed by atoms with E-state index in [1.807, 2.05) is 29.1 Å². The minimum atomic E-state index is 0.388. The Labute approximate surface area is 178 Å². The Hall–Kier alpha value is -2.60. The standard InChI is InChI=1S/C21H16Cl2N4S/c22-16-8-9-18(23)19(12-16)24-21(28)25-20-10-11-27(26-20)13-15-6-3-5-14-4-1-2-7-17(14)15/h1-12H,13H2,(H2,24,25,26,28). The van der Waals surface area contributed by atoms with Crippen molar-refractivity contribution < 1.29 is 0 Å². The largest absolute Gasteiger partial charge is 0.331 e. The predicted molar refractivity (Wildman–Crippen MR) is 122 cm³/mol. The number of nitrogens with zero attached hydrogens (tertiary/aromatic N) is 2. The summed E-state index contributed by atoms with van der Waals surface area (Å²) in [4.78, 5) is 0. The van der Waals surface area contributed by atoms with Gasteiger partial charge in [-0.1, -0.05) is 65.7 Å². The van der Waals surface area contributed by atoms with Crippen molar-refractivity contribution in [2.45, 2.75) is 6.54 Å². The molecule has 0 saturated heterocycles. The number of hydrogen-bond acceptors (Lipinski definition) is 2. The molecule has 4 nitrogen and oxygen atoms in total. The average molecular weight is 427 g/mol. The van der Waals surface area contributed by atoms with Crippen molar-refractivity contribution in [1.82, 2.24) is 9.78 Å². The Morgan fingerprint density at radius 3 is 2.68 bits per heavy atom. The van der Waals surface area contributed by atoms with E-state index in [0.717, 1.165) is 0 Å². The van der Waals surface area contributed by atoms with Gasteiger partial charge in [0.1, 0.15) is 0 Å². The normalized spacial score (nSPS) is 10.8. The average Bonchev–Trinajstić information content (AvgIpc) is 3.12. The van der Waals surface area contributed by atoms with Gasteiger partial charge in [-0.05, 0) is 46.8 Å². The quantitative estimate of drug-likeness (QED) is 0.381. The lowest BCUT2D eigenvalue weighted by Gasteiger charge is -2.10. The van der Waals surface area contributed by atoms with Gasteiger partial charge in [-0.15, -0.1) is 0 Å². The fourth-order valence-electron chi connectivity index (χ4n) is 2.98. The Morgan fingerprint density at radius 2 is 1.79 bits per heavy atom. The molecule has 2 N–H and O–H groups in total. The van der Waals surface area contributed by atoms with E-state index in [-0.39, 0.29) is 0 Å². The minimum Gasteiger partial charge on any atom is -0.331 e. The fourth-order valence-corrected chi connectivity index (χ4v) is 3.54. The first-order valence-corrected chi connectivity index (χ1v) is 9.78. The van der Waals surface area contributed by atoms with Gasteiger partial charge in [0.25, 0.3) is 0 Å². The molecule has 0 fully saturated rings. The molecule has 0 spiro atoms. The first kappa shape index (κ1) is 18.7. The van der Waals surface area contributed by atoms with E-state index in [1.165, 1.54) is 16.3 Å². The van der Waals surface area contributed by atoms with Gasteiger partial charge in [-0.25, -0.2) is 0 Å². The lowest BCUT2D eigenvalue weighted by molar-refractivity contribution is 0.693. The molecule has 0 aliphatic heterocycles. The Morgan fingerprint density at radius 1 is 0.964 bits per heavy atom. The first-order chi connectivity index (χ1) is 13.6. The lowest BCUT2D eigenvalue weighted by Crippen LogP contribution is -2.19. The fraction of sp³-hybridized carbons (Fsp3) is 0.0476. The molecule has 0 radical (unpaired) electrons. The van der Waals surface area contributed by atoms with E-state index >= 15 is 0 Å². The number of thiocarbonyl (C=S) groups is 1. The first-order valence-electron chi connectivity index (χ1n) is 8.62. The van der Waals surface area contributed by atoms with Crippen molar-refractivity contribution in [2.24, 2.45) is 0 Å². The van der Waals surface area contributed by atoms with Crippen LogP contribution in [0.15, 0.2) is 72.9 Å². The van der Waals surface area contributed by atoms with Gasteiger partial charge in [0.15, 0.2) is 10.9 Å². The second-order valence-electron chi connectivity index (χ2n) is 6.24. The highest BCUT2D eigenvalue weighted by molar-refractivity contribution is 7.80. The topological polar surface area (TPSA) is 41.9 Å². The molecule has 0 amide bonds. The molecule has 7 heteroatoms. The maximum Gasteiger partial charge on any atom is 0.176 e. The molecule has 0 bridgehead atoms. The summed E-state index contributed by atoms with van der Waals surface area (Å²) in [6.07, 6.45) is 1.92. The summed E-state index contributed by atoms with van der Waals surface area (Å²) in [6.45, 7) is 0.670. The van der Waals surface area contributed by atoms with Gasteiger partial charge in [0, 0.05) is 17.3 Å². The van der Waals surface area contributed by atoms with Crippen LogP contribution in [0.1, 0.15) is 5.56 Å². The molecule has 1 heterocycles.